The summed E-state index contributed by atoms with van der Waals surface area (Å²) in [5.41, 5.74) is -0.946. The maximum Gasteiger partial charge on any atom is 0.252 e. The van der Waals surface area contributed by atoms with Crippen molar-refractivity contribution in [3.8, 4) is 0 Å². The van der Waals surface area contributed by atoms with Crippen LogP contribution in [0.15, 0.2) is 6.07 Å². The monoisotopic (exact) mass is 255 g/mol. The van der Waals surface area contributed by atoms with Crippen LogP contribution < -0.4 is 5.32 Å². The van der Waals surface area contributed by atoms with E-state index in [1.54, 1.807) is 25.2 Å². The SMILES string of the molecule is Cc1cc(C(=O)NC(C)(C)C(C)(C)O)c(C)s1. The highest BCUT2D eigenvalue weighted by molar-refractivity contribution is 7.12. The lowest BCUT2D eigenvalue weighted by atomic mass is 9.86. The number of carbonyl (C=O) groups excluding carboxylic acids is 1. The number of aliphatic hydroxyl groups is 1. The summed E-state index contributed by atoms with van der Waals surface area (Å²) in [6.07, 6.45) is 0. The van der Waals surface area contributed by atoms with E-state index in [2.05, 4.69) is 5.32 Å². The first-order chi connectivity index (χ1) is 7.54. The van der Waals surface area contributed by atoms with E-state index < -0.39 is 11.1 Å². The van der Waals surface area contributed by atoms with E-state index in [0.29, 0.717) is 5.56 Å². The van der Waals surface area contributed by atoms with Gasteiger partial charge in [-0.3, -0.25) is 4.79 Å². The first-order valence-corrected chi connectivity index (χ1v) is 6.48. The number of aryl methyl sites for hydroxylation is 2. The Morgan fingerprint density at radius 2 is 1.82 bits per heavy atom. The van der Waals surface area contributed by atoms with Gasteiger partial charge in [-0.25, -0.2) is 0 Å². The zero-order valence-corrected chi connectivity index (χ0v) is 12.2. The molecule has 0 unspecified atom stereocenters. The number of nitrogens with one attached hydrogen (secondary N) is 1. The van der Waals surface area contributed by atoms with Crippen molar-refractivity contribution in [3.05, 3.63) is 21.4 Å². The molecule has 0 bridgehead atoms. The van der Waals surface area contributed by atoms with E-state index in [-0.39, 0.29) is 5.91 Å². The highest BCUT2D eigenvalue weighted by atomic mass is 32.1. The molecule has 0 saturated carbocycles. The van der Waals surface area contributed by atoms with Crippen molar-refractivity contribution >= 4 is 17.2 Å². The largest absolute Gasteiger partial charge is 0.388 e. The summed E-state index contributed by atoms with van der Waals surface area (Å²) in [6.45, 7) is 10.9. The lowest BCUT2D eigenvalue weighted by Crippen LogP contribution is -2.57. The average molecular weight is 255 g/mol. The molecule has 4 heteroatoms. The van der Waals surface area contributed by atoms with Crippen molar-refractivity contribution in [1.82, 2.24) is 5.32 Å². The van der Waals surface area contributed by atoms with Gasteiger partial charge in [-0.05, 0) is 47.6 Å². The Kier molecular flexibility index (Phi) is 3.69. The molecule has 0 radical (unpaired) electrons. The van der Waals surface area contributed by atoms with Crippen LogP contribution in [0.1, 0.15) is 47.8 Å². The summed E-state index contributed by atoms with van der Waals surface area (Å²) in [6, 6.07) is 1.88. The molecule has 1 aromatic rings. The third kappa shape index (κ3) is 3.07. The highest BCUT2D eigenvalue weighted by Crippen LogP contribution is 2.24. The molecular weight excluding hydrogens is 234 g/mol. The molecule has 96 valence electrons. The molecule has 2 N–H and O–H groups in total. The van der Waals surface area contributed by atoms with Crippen molar-refractivity contribution in [2.24, 2.45) is 0 Å². The highest BCUT2D eigenvalue weighted by Gasteiger charge is 2.36. The first-order valence-electron chi connectivity index (χ1n) is 5.66. The van der Waals surface area contributed by atoms with Gasteiger partial charge in [-0.1, -0.05) is 0 Å². The summed E-state index contributed by atoms with van der Waals surface area (Å²) < 4.78 is 0. The number of amides is 1. The number of hydrogen-bond acceptors (Lipinski definition) is 3. The molecule has 0 fully saturated rings. The van der Waals surface area contributed by atoms with Gasteiger partial charge in [0.25, 0.3) is 5.91 Å². The van der Waals surface area contributed by atoms with E-state index in [1.165, 1.54) is 0 Å². The van der Waals surface area contributed by atoms with Gasteiger partial charge in [0.1, 0.15) is 0 Å². The van der Waals surface area contributed by atoms with Crippen LogP contribution in [0.25, 0.3) is 0 Å². The van der Waals surface area contributed by atoms with E-state index >= 15 is 0 Å². The van der Waals surface area contributed by atoms with Crippen LogP contribution in [0.5, 0.6) is 0 Å². The lowest BCUT2D eigenvalue weighted by Gasteiger charge is -2.38. The van der Waals surface area contributed by atoms with Crippen molar-refractivity contribution in [2.75, 3.05) is 0 Å². The second-order valence-electron chi connectivity index (χ2n) is 5.47. The Labute approximate surface area is 107 Å². The minimum atomic E-state index is -0.971. The third-order valence-electron chi connectivity index (χ3n) is 3.24. The molecule has 1 heterocycles. The first kappa shape index (κ1) is 14.2. The Morgan fingerprint density at radius 1 is 1.29 bits per heavy atom. The van der Waals surface area contributed by atoms with Gasteiger partial charge in [0.2, 0.25) is 0 Å². The van der Waals surface area contributed by atoms with Crippen molar-refractivity contribution in [2.45, 2.75) is 52.7 Å². The Hall–Kier alpha value is -0.870. The van der Waals surface area contributed by atoms with Gasteiger partial charge in [0, 0.05) is 9.75 Å². The van der Waals surface area contributed by atoms with Crippen LogP contribution in [0.2, 0.25) is 0 Å². The predicted molar refractivity (Wildman–Crippen MR) is 71.6 cm³/mol. The Morgan fingerprint density at radius 3 is 2.18 bits per heavy atom. The molecular formula is C13H21NO2S. The molecule has 17 heavy (non-hydrogen) atoms. The van der Waals surface area contributed by atoms with Crippen LogP contribution >= 0.6 is 11.3 Å². The summed E-state index contributed by atoms with van der Waals surface area (Å²) in [4.78, 5) is 14.3. The molecule has 0 aromatic carbocycles. The van der Waals surface area contributed by atoms with E-state index in [0.717, 1.165) is 9.75 Å². The summed E-state index contributed by atoms with van der Waals surface area (Å²) in [5, 5.41) is 12.9. The molecule has 0 atom stereocenters. The molecule has 0 saturated heterocycles. The van der Waals surface area contributed by atoms with Crippen LogP contribution in [-0.2, 0) is 0 Å². The van der Waals surface area contributed by atoms with Crippen LogP contribution in [0, 0.1) is 13.8 Å². The fourth-order valence-electron chi connectivity index (χ4n) is 1.36. The minimum absolute atomic E-state index is 0.126. The Bertz CT molecular complexity index is 427. The Balaban J connectivity index is 2.91. The molecule has 0 spiro atoms. The molecule has 1 aromatic heterocycles. The average Bonchev–Trinajstić information content (AvgIpc) is 2.42. The fraction of sp³-hybridized carbons (Fsp3) is 0.615. The van der Waals surface area contributed by atoms with Gasteiger partial charge in [-0.15, -0.1) is 11.3 Å². The molecule has 0 aliphatic carbocycles. The van der Waals surface area contributed by atoms with Gasteiger partial charge < -0.3 is 10.4 Å². The van der Waals surface area contributed by atoms with Crippen molar-refractivity contribution in [1.29, 1.82) is 0 Å². The van der Waals surface area contributed by atoms with E-state index in [4.69, 9.17) is 0 Å². The summed E-state index contributed by atoms with van der Waals surface area (Å²) in [5.74, 6) is -0.126. The van der Waals surface area contributed by atoms with Crippen molar-refractivity contribution < 1.29 is 9.90 Å². The minimum Gasteiger partial charge on any atom is -0.388 e. The number of rotatable bonds is 3. The van der Waals surface area contributed by atoms with Crippen molar-refractivity contribution in [3.63, 3.8) is 0 Å². The smallest absolute Gasteiger partial charge is 0.252 e. The predicted octanol–water partition coefficient (Wildman–Crippen LogP) is 2.64. The number of thiophene rings is 1. The normalized spacial score (nSPS) is 12.6. The lowest BCUT2D eigenvalue weighted by molar-refractivity contribution is -0.00293. The van der Waals surface area contributed by atoms with E-state index in [1.807, 2.05) is 33.8 Å². The van der Waals surface area contributed by atoms with Crippen LogP contribution in [-0.4, -0.2) is 22.2 Å². The second-order valence-corrected chi connectivity index (χ2v) is 6.93. The maximum absolute atomic E-state index is 12.1. The fourth-order valence-corrected chi connectivity index (χ4v) is 2.28. The van der Waals surface area contributed by atoms with Crippen LogP contribution in [0.3, 0.4) is 0 Å². The molecule has 3 nitrogen and oxygen atoms in total. The van der Waals surface area contributed by atoms with Gasteiger partial charge in [0.15, 0.2) is 0 Å². The second kappa shape index (κ2) is 4.42. The van der Waals surface area contributed by atoms with E-state index in [9.17, 15) is 9.90 Å². The van der Waals surface area contributed by atoms with Gasteiger partial charge in [0.05, 0.1) is 16.7 Å². The van der Waals surface area contributed by atoms with Gasteiger partial charge >= 0.3 is 0 Å². The van der Waals surface area contributed by atoms with Gasteiger partial charge in [-0.2, -0.15) is 0 Å². The quantitative estimate of drug-likeness (QED) is 0.872. The molecule has 1 amide bonds. The standard InChI is InChI=1S/C13H21NO2S/c1-8-7-10(9(2)17-8)11(15)14-12(3,4)13(5,6)16/h7,16H,1-6H3,(H,14,15). The number of carbonyl (C=O) groups is 1. The zero-order valence-electron chi connectivity index (χ0n) is 11.3. The maximum atomic E-state index is 12.1. The molecule has 0 aliphatic heterocycles. The summed E-state index contributed by atoms with van der Waals surface area (Å²) in [7, 11) is 0. The summed E-state index contributed by atoms with van der Waals surface area (Å²) >= 11 is 1.61. The van der Waals surface area contributed by atoms with Crippen LogP contribution in [0.4, 0.5) is 0 Å². The third-order valence-corrected chi connectivity index (χ3v) is 4.21. The molecule has 1 rings (SSSR count). The zero-order chi connectivity index (χ0) is 13.4. The number of hydrogen-bond donors (Lipinski definition) is 2. The topological polar surface area (TPSA) is 49.3 Å². The molecule has 0 aliphatic rings.